The van der Waals surface area contributed by atoms with Gasteiger partial charge in [0.05, 0.1) is 16.6 Å². The molecule has 0 N–H and O–H groups in total. The summed E-state index contributed by atoms with van der Waals surface area (Å²) >= 11 is 11.8. The van der Waals surface area contributed by atoms with Gasteiger partial charge in [-0.2, -0.15) is 0 Å². The molecule has 0 spiro atoms. The second-order valence-corrected chi connectivity index (χ2v) is 5.33. The van der Waals surface area contributed by atoms with Gasteiger partial charge in [-0.15, -0.1) is 10.2 Å². The zero-order chi connectivity index (χ0) is 14.9. The molecule has 0 aliphatic rings. The highest BCUT2D eigenvalue weighted by atomic mass is 35.5. The third kappa shape index (κ3) is 2.94. The Morgan fingerprint density at radius 1 is 1.30 bits per heavy atom. The summed E-state index contributed by atoms with van der Waals surface area (Å²) < 4.78 is 1.85. The minimum atomic E-state index is -0.149. The number of hydrogen-bond acceptors (Lipinski definition) is 3. The first kappa shape index (κ1) is 14.8. The van der Waals surface area contributed by atoms with Crippen molar-refractivity contribution in [1.29, 1.82) is 0 Å². The molecule has 1 heterocycles. The average Bonchev–Trinajstić information content (AvgIpc) is 2.73. The van der Waals surface area contributed by atoms with Gasteiger partial charge in [0.2, 0.25) is 0 Å². The predicted octanol–water partition coefficient (Wildman–Crippen LogP) is 2.70. The van der Waals surface area contributed by atoms with Crippen molar-refractivity contribution in [3.05, 3.63) is 45.5 Å². The summed E-state index contributed by atoms with van der Waals surface area (Å²) in [6, 6.07) is 4.82. The van der Waals surface area contributed by atoms with Crippen molar-refractivity contribution in [3.63, 3.8) is 0 Å². The summed E-state index contributed by atoms with van der Waals surface area (Å²) in [5.41, 5.74) is 0.487. The number of carbonyl (C=O) groups is 1. The van der Waals surface area contributed by atoms with Crippen LogP contribution in [0.5, 0.6) is 0 Å². The van der Waals surface area contributed by atoms with Crippen molar-refractivity contribution < 1.29 is 4.79 Å². The Kier molecular flexibility index (Phi) is 4.30. The molecule has 0 aliphatic heterocycles. The molecule has 1 amide bonds. The lowest BCUT2D eigenvalue weighted by atomic mass is 10.2. The quantitative estimate of drug-likeness (QED) is 0.875. The van der Waals surface area contributed by atoms with Crippen LogP contribution in [0.25, 0.3) is 0 Å². The Morgan fingerprint density at radius 3 is 2.55 bits per heavy atom. The summed E-state index contributed by atoms with van der Waals surface area (Å²) in [5.74, 6) is 1.37. The first-order chi connectivity index (χ1) is 9.40. The highest BCUT2D eigenvalue weighted by Gasteiger charge is 2.16. The summed E-state index contributed by atoms with van der Waals surface area (Å²) in [7, 11) is 3.57. The fourth-order valence-corrected chi connectivity index (χ4v) is 2.02. The average molecular weight is 313 g/mol. The van der Waals surface area contributed by atoms with Crippen molar-refractivity contribution in [2.45, 2.75) is 13.5 Å². The fourth-order valence-electron chi connectivity index (χ4n) is 1.72. The van der Waals surface area contributed by atoms with Crippen LogP contribution < -0.4 is 0 Å². The molecule has 0 unspecified atom stereocenters. The van der Waals surface area contributed by atoms with Crippen molar-refractivity contribution in [2.24, 2.45) is 7.05 Å². The predicted molar refractivity (Wildman–Crippen MR) is 78.0 cm³/mol. The number of aromatic nitrogens is 3. The number of rotatable bonds is 3. The molecule has 0 aliphatic carbocycles. The van der Waals surface area contributed by atoms with E-state index in [1.807, 2.05) is 18.5 Å². The third-order valence-electron chi connectivity index (χ3n) is 3.07. The maximum atomic E-state index is 12.3. The van der Waals surface area contributed by atoms with Gasteiger partial charge in [0.1, 0.15) is 5.82 Å². The molecule has 0 fully saturated rings. The molecule has 1 aromatic carbocycles. The van der Waals surface area contributed by atoms with E-state index >= 15 is 0 Å². The van der Waals surface area contributed by atoms with Gasteiger partial charge < -0.3 is 9.47 Å². The van der Waals surface area contributed by atoms with Gasteiger partial charge in [0.25, 0.3) is 5.91 Å². The van der Waals surface area contributed by atoms with Crippen molar-refractivity contribution in [3.8, 4) is 0 Å². The highest BCUT2D eigenvalue weighted by Crippen LogP contribution is 2.23. The molecule has 20 heavy (non-hydrogen) atoms. The van der Waals surface area contributed by atoms with Crippen LogP contribution >= 0.6 is 23.2 Å². The standard InChI is InChI=1S/C13H14Cl2N4O/c1-8-16-17-12(19(8)3)7-18(2)13(20)9-4-5-10(14)11(15)6-9/h4-6H,7H2,1-3H3. The normalized spacial score (nSPS) is 10.7. The van der Waals surface area contributed by atoms with E-state index in [1.54, 1.807) is 30.1 Å². The Bertz CT molecular complexity index is 654. The van der Waals surface area contributed by atoms with E-state index in [0.29, 0.717) is 22.2 Å². The summed E-state index contributed by atoms with van der Waals surface area (Å²) in [4.78, 5) is 13.9. The van der Waals surface area contributed by atoms with Crippen LogP contribution in [0.1, 0.15) is 22.0 Å². The molecule has 0 saturated heterocycles. The lowest BCUT2D eigenvalue weighted by Gasteiger charge is -2.17. The van der Waals surface area contributed by atoms with Crippen LogP contribution in [0.15, 0.2) is 18.2 Å². The molecule has 0 bridgehead atoms. The lowest BCUT2D eigenvalue weighted by molar-refractivity contribution is 0.0780. The Hall–Kier alpha value is -1.59. The number of nitrogens with zero attached hydrogens (tertiary/aromatic N) is 4. The first-order valence-electron chi connectivity index (χ1n) is 5.95. The van der Waals surface area contributed by atoms with E-state index in [-0.39, 0.29) is 5.91 Å². The van der Waals surface area contributed by atoms with Gasteiger partial charge >= 0.3 is 0 Å². The van der Waals surface area contributed by atoms with Gasteiger partial charge in [-0.1, -0.05) is 23.2 Å². The maximum absolute atomic E-state index is 12.3. The van der Waals surface area contributed by atoms with E-state index in [0.717, 1.165) is 11.6 Å². The molecule has 0 atom stereocenters. The van der Waals surface area contributed by atoms with E-state index in [9.17, 15) is 4.79 Å². The number of amides is 1. The number of hydrogen-bond donors (Lipinski definition) is 0. The van der Waals surface area contributed by atoms with E-state index in [4.69, 9.17) is 23.2 Å². The maximum Gasteiger partial charge on any atom is 0.254 e. The molecule has 5 nitrogen and oxygen atoms in total. The van der Waals surface area contributed by atoms with Crippen LogP contribution in [0, 0.1) is 6.92 Å². The highest BCUT2D eigenvalue weighted by molar-refractivity contribution is 6.42. The van der Waals surface area contributed by atoms with Gasteiger partial charge in [-0.25, -0.2) is 0 Å². The number of carbonyl (C=O) groups excluding carboxylic acids is 1. The minimum Gasteiger partial charge on any atom is -0.334 e. The van der Waals surface area contributed by atoms with Crippen LogP contribution in [0.3, 0.4) is 0 Å². The third-order valence-corrected chi connectivity index (χ3v) is 3.81. The Morgan fingerprint density at radius 2 is 2.00 bits per heavy atom. The van der Waals surface area contributed by atoms with E-state index in [1.165, 1.54) is 0 Å². The minimum absolute atomic E-state index is 0.149. The fraction of sp³-hybridized carbons (Fsp3) is 0.308. The van der Waals surface area contributed by atoms with E-state index in [2.05, 4.69) is 10.2 Å². The molecule has 0 radical (unpaired) electrons. The van der Waals surface area contributed by atoms with E-state index < -0.39 is 0 Å². The van der Waals surface area contributed by atoms with Crippen LogP contribution in [-0.2, 0) is 13.6 Å². The van der Waals surface area contributed by atoms with Crippen molar-refractivity contribution in [2.75, 3.05) is 7.05 Å². The summed E-state index contributed by atoms with van der Waals surface area (Å²) in [6.45, 7) is 2.23. The zero-order valence-electron chi connectivity index (χ0n) is 11.4. The first-order valence-corrected chi connectivity index (χ1v) is 6.71. The molecule has 7 heteroatoms. The second kappa shape index (κ2) is 5.81. The van der Waals surface area contributed by atoms with Gasteiger partial charge in [-0.3, -0.25) is 4.79 Å². The summed E-state index contributed by atoms with van der Waals surface area (Å²) in [6.07, 6.45) is 0. The smallest absolute Gasteiger partial charge is 0.254 e. The van der Waals surface area contributed by atoms with Crippen LogP contribution in [0.4, 0.5) is 0 Å². The van der Waals surface area contributed by atoms with Crippen molar-refractivity contribution in [1.82, 2.24) is 19.7 Å². The molecular weight excluding hydrogens is 299 g/mol. The van der Waals surface area contributed by atoms with Crippen LogP contribution in [-0.4, -0.2) is 32.6 Å². The molecule has 2 rings (SSSR count). The molecular formula is C13H14Cl2N4O. The summed E-state index contributed by atoms with van der Waals surface area (Å²) in [5, 5.41) is 8.79. The van der Waals surface area contributed by atoms with Crippen LogP contribution in [0.2, 0.25) is 10.0 Å². The van der Waals surface area contributed by atoms with Gasteiger partial charge in [0.15, 0.2) is 5.82 Å². The van der Waals surface area contributed by atoms with Gasteiger partial charge in [0, 0.05) is 19.7 Å². The molecule has 2 aromatic rings. The topological polar surface area (TPSA) is 51.0 Å². The SMILES string of the molecule is Cc1nnc(CN(C)C(=O)c2ccc(Cl)c(Cl)c2)n1C. The number of halogens is 2. The lowest BCUT2D eigenvalue weighted by Crippen LogP contribution is -2.27. The molecule has 1 aromatic heterocycles. The zero-order valence-corrected chi connectivity index (χ0v) is 12.9. The van der Waals surface area contributed by atoms with Gasteiger partial charge in [-0.05, 0) is 25.1 Å². The monoisotopic (exact) mass is 312 g/mol. The van der Waals surface area contributed by atoms with Crippen molar-refractivity contribution >= 4 is 29.1 Å². The Labute approximate surface area is 127 Å². The second-order valence-electron chi connectivity index (χ2n) is 4.51. The molecule has 0 saturated carbocycles. The number of aryl methyl sites for hydroxylation is 1. The number of benzene rings is 1. The largest absolute Gasteiger partial charge is 0.334 e. The Balaban J connectivity index is 2.16. The molecule has 106 valence electrons.